The van der Waals surface area contributed by atoms with Gasteiger partial charge in [0.05, 0.1) is 12.2 Å². The minimum absolute atomic E-state index is 0.0485. The van der Waals surface area contributed by atoms with Gasteiger partial charge < -0.3 is 20.9 Å². The van der Waals surface area contributed by atoms with E-state index in [0.717, 1.165) is 54.8 Å². The van der Waals surface area contributed by atoms with E-state index in [1.165, 1.54) is 51.4 Å². The van der Waals surface area contributed by atoms with Crippen molar-refractivity contribution >= 4 is 23.3 Å². The summed E-state index contributed by atoms with van der Waals surface area (Å²) in [5.74, 6) is 4.27. The van der Waals surface area contributed by atoms with Crippen molar-refractivity contribution in [1.29, 1.82) is 0 Å². The predicted octanol–water partition coefficient (Wildman–Crippen LogP) is 8.74. The number of carbonyl (C=O) groups is 2. The van der Waals surface area contributed by atoms with Gasteiger partial charge in [-0.25, -0.2) is 4.79 Å². The maximum absolute atomic E-state index is 12.7. The predicted molar refractivity (Wildman–Crippen MR) is 178 cm³/mol. The zero-order chi connectivity index (χ0) is 31.6. The molecule has 4 N–H and O–H groups in total. The van der Waals surface area contributed by atoms with Crippen LogP contribution in [0.4, 0.5) is 11.4 Å². The van der Waals surface area contributed by atoms with Gasteiger partial charge in [-0.1, -0.05) is 65.5 Å². The number of rotatable bonds is 11. The second-order valence-corrected chi connectivity index (χ2v) is 15.8. The van der Waals surface area contributed by atoms with Gasteiger partial charge in [-0.05, 0) is 116 Å². The lowest BCUT2D eigenvalue weighted by atomic mass is 9.47. The molecule has 6 heteroatoms. The standard InChI is InChI=1S/C38H58N2O4/c1-24(2)8-6-9-25(3)32-13-14-33-31-12-11-27-22-30(15-17-37(27,4)34(31)16-18-38(32,33)5)44-35(41)10-7-19-43-36(42)26-20-28(39)23-29(40)21-26/h11,20-21,23-25,30-34H,6-10,12-19,22,39-40H2,1-5H3. The summed E-state index contributed by atoms with van der Waals surface area (Å²) in [5, 5.41) is 0. The number of benzene rings is 1. The molecule has 44 heavy (non-hydrogen) atoms. The molecule has 0 amide bonds. The second kappa shape index (κ2) is 13.5. The highest BCUT2D eigenvalue weighted by Crippen LogP contribution is 2.67. The number of nitrogens with two attached hydrogens (primary N) is 2. The van der Waals surface area contributed by atoms with Crippen molar-refractivity contribution in [2.45, 2.75) is 124 Å². The van der Waals surface area contributed by atoms with Gasteiger partial charge in [-0.2, -0.15) is 0 Å². The van der Waals surface area contributed by atoms with Crippen LogP contribution in [0.25, 0.3) is 0 Å². The van der Waals surface area contributed by atoms with Crippen LogP contribution in [0.3, 0.4) is 0 Å². The lowest BCUT2D eigenvalue weighted by Gasteiger charge is -2.58. The monoisotopic (exact) mass is 606 g/mol. The van der Waals surface area contributed by atoms with E-state index < -0.39 is 5.97 Å². The third kappa shape index (κ3) is 6.84. The van der Waals surface area contributed by atoms with Crippen LogP contribution in [-0.2, 0) is 14.3 Å². The molecule has 8 unspecified atom stereocenters. The Labute approximate surface area is 266 Å². The van der Waals surface area contributed by atoms with E-state index in [1.807, 2.05) is 0 Å². The van der Waals surface area contributed by atoms with Crippen molar-refractivity contribution in [3.8, 4) is 0 Å². The molecule has 8 atom stereocenters. The van der Waals surface area contributed by atoms with Crippen LogP contribution in [0.2, 0.25) is 0 Å². The number of anilines is 2. The summed E-state index contributed by atoms with van der Waals surface area (Å²) in [5.41, 5.74) is 15.0. The van der Waals surface area contributed by atoms with Gasteiger partial charge in [0.2, 0.25) is 0 Å². The van der Waals surface area contributed by atoms with Crippen molar-refractivity contribution in [3.63, 3.8) is 0 Å². The number of carbonyl (C=O) groups excluding carboxylic acids is 2. The summed E-state index contributed by atoms with van der Waals surface area (Å²) in [6.45, 7) is 12.6. The highest BCUT2D eigenvalue weighted by Gasteiger charge is 2.59. The number of fused-ring (bicyclic) bond motifs is 5. The van der Waals surface area contributed by atoms with Gasteiger partial charge in [0, 0.05) is 24.2 Å². The Morgan fingerprint density at radius 1 is 0.932 bits per heavy atom. The highest BCUT2D eigenvalue weighted by atomic mass is 16.5. The first-order valence-corrected chi connectivity index (χ1v) is 17.6. The first-order chi connectivity index (χ1) is 20.9. The van der Waals surface area contributed by atoms with Gasteiger partial charge in [-0.3, -0.25) is 4.79 Å². The second-order valence-electron chi connectivity index (χ2n) is 15.8. The molecule has 6 nitrogen and oxygen atoms in total. The van der Waals surface area contributed by atoms with E-state index in [2.05, 4.69) is 40.7 Å². The summed E-state index contributed by atoms with van der Waals surface area (Å²) in [6.07, 6.45) is 17.0. The lowest BCUT2D eigenvalue weighted by Crippen LogP contribution is -2.51. The Bertz CT molecular complexity index is 1200. The Balaban J connectivity index is 1.11. The molecule has 0 saturated heterocycles. The number of hydrogen-bond acceptors (Lipinski definition) is 6. The molecule has 0 bridgehead atoms. The van der Waals surface area contributed by atoms with Crippen LogP contribution in [-0.4, -0.2) is 24.6 Å². The molecule has 5 rings (SSSR count). The Morgan fingerprint density at radius 2 is 1.68 bits per heavy atom. The van der Waals surface area contributed by atoms with Crippen molar-refractivity contribution in [1.82, 2.24) is 0 Å². The van der Waals surface area contributed by atoms with Gasteiger partial charge in [0.15, 0.2) is 0 Å². The number of allylic oxidation sites excluding steroid dienone is 1. The lowest BCUT2D eigenvalue weighted by molar-refractivity contribution is -0.151. The van der Waals surface area contributed by atoms with Crippen LogP contribution in [0.1, 0.15) is 128 Å². The van der Waals surface area contributed by atoms with E-state index in [-0.39, 0.29) is 30.5 Å². The summed E-state index contributed by atoms with van der Waals surface area (Å²) >= 11 is 0. The SMILES string of the molecule is CC(C)CCCC(C)C1CCC2C3CC=C4CC(OC(=O)CCCOC(=O)c5cc(N)cc(N)c5)CCC4(C)C3CCC12C. The van der Waals surface area contributed by atoms with Crippen molar-refractivity contribution in [2.24, 2.45) is 46.3 Å². The molecule has 0 heterocycles. The Hall–Kier alpha value is -2.50. The summed E-state index contributed by atoms with van der Waals surface area (Å²) in [6, 6.07) is 4.67. The Kier molecular flexibility index (Phi) is 10.1. The number of ether oxygens (including phenoxy) is 2. The largest absolute Gasteiger partial charge is 0.462 e. The highest BCUT2D eigenvalue weighted by molar-refractivity contribution is 5.91. The summed E-state index contributed by atoms with van der Waals surface area (Å²) < 4.78 is 11.3. The fourth-order valence-electron chi connectivity index (χ4n) is 10.3. The molecule has 3 saturated carbocycles. The van der Waals surface area contributed by atoms with Crippen molar-refractivity contribution < 1.29 is 19.1 Å². The topological polar surface area (TPSA) is 105 Å². The fraction of sp³-hybridized carbons (Fsp3) is 0.737. The number of hydrogen-bond donors (Lipinski definition) is 2. The van der Waals surface area contributed by atoms with Crippen molar-refractivity contribution in [2.75, 3.05) is 18.1 Å². The fourth-order valence-corrected chi connectivity index (χ4v) is 10.3. The number of esters is 2. The molecule has 0 aliphatic heterocycles. The maximum atomic E-state index is 12.7. The minimum Gasteiger partial charge on any atom is -0.462 e. The molecule has 1 aromatic rings. The third-order valence-corrected chi connectivity index (χ3v) is 12.5. The van der Waals surface area contributed by atoms with Gasteiger partial charge >= 0.3 is 11.9 Å². The first-order valence-electron chi connectivity index (χ1n) is 17.6. The van der Waals surface area contributed by atoms with E-state index in [1.54, 1.807) is 23.8 Å². The molecular weight excluding hydrogens is 548 g/mol. The molecule has 4 aliphatic carbocycles. The molecule has 4 aliphatic rings. The van der Waals surface area contributed by atoms with Crippen LogP contribution in [0.5, 0.6) is 0 Å². The molecule has 0 aromatic heterocycles. The van der Waals surface area contributed by atoms with Crippen LogP contribution in [0.15, 0.2) is 29.8 Å². The van der Waals surface area contributed by atoms with Gasteiger partial charge in [-0.15, -0.1) is 0 Å². The van der Waals surface area contributed by atoms with Crippen LogP contribution in [0, 0.1) is 46.3 Å². The van der Waals surface area contributed by atoms with Gasteiger partial charge in [0.25, 0.3) is 0 Å². The normalized spacial score (nSPS) is 33.5. The average Bonchev–Trinajstić information content (AvgIpc) is 3.32. The first kappa shape index (κ1) is 32.9. The smallest absolute Gasteiger partial charge is 0.338 e. The molecule has 0 spiro atoms. The van der Waals surface area contributed by atoms with Crippen LogP contribution < -0.4 is 11.5 Å². The number of nitrogen functional groups attached to an aromatic ring is 2. The van der Waals surface area contributed by atoms with E-state index in [4.69, 9.17) is 20.9 Å². The van der Waals surface area contributed by atoms with E-state index in [9.17, 15) is 9.59 Å². The average molecular weight is 607 g/mol. The molecular formula is C38H58N2O4. The Morgan fingerprint density at radius 3 is 2.41 bits per heavy atom. The summed E-state index contributed by atoms with van der Waals surface area (Å²) in [4.78, 5) is 25.0. The van der Waals surface area contributed by atoms with E-state index >= 15 is 0 Å². The van der Waals surface area contributed by atoms with Crippen molar-refractivity contribution in [3.05, 3.63) is 35.4 Å². The minimum atomic E-state index is -0.487. The molecule has 244 valence electrons. The third-order valence-electron chi connectivity index (χ3n) is 12.5. The van der Waals surface area contributed by atoms with Crippen LogP contribution >= 0.6 is 0 Å². The zero-order valence-electron chi connectivity index (χ0n) is 28.0. The molecule has 1 aromatic carbocycles. The quantitative estimate of drug-likeness (QED) is 0.113. The summed E-state index contributed by atoms with van der Waals surface area (Å²) in [7, 11) is 0. The zero-order valence-corrected chi connectivity index (χ0v) is 28.0. The molecule has 3 fully saturated rings. The molecule has 0 radical (unpaired) electrons. The van der Waals surface area contributed by atoms with Gasteiger partial charge in [0.1, 0.15) is 6.10 Å². The maximum Gasteiger partial charge on any atom is 0.338 e. The van der Waals surface area contributed by atoms with E-state index in [0.29, 0.717) is 28.8 Å².